The molecule has 0 atom stereocenters. The second-order valence-electron chi connectivity index (χ2n) is 7.43. The molecule has 4 rings (SSSR count). The molecule has 3 aromatic rings. The third kappa shape index (κ3) is 3.53. The van der Waals surface area contributed by atoms with E-state index in [9.17, 15) is 4.79 Å². The van der Waals surface area contributed by atoms with E-state index >= 15 is 0 Å². The first kappa shape index (κ1) is 16.9. The molecule has 1 heterocycles. The molecule has 0 aliphatic heterocycles. The van der Waals surface area contributed by atoms with Gasteiger partial charge in [-0.15, -0.1) is 5.10 Å². The molecule has 1 aliphatic rings. The summed E-state index contributed by atoms with van der Waals surface area (Å²) in [6, 6.07) is 16.7. The van der Waals surface area contributed by atoms with Gasteiger partial charge in [0.2, 0.25) is 0 Å². The fraction of sp³-hybridized carbons (Fsp3) is 0.381. The zero-order valence-electron chi connectivity index (χ0n) is 15.3. The number of rotatable bonds is 6. The van der Waals surface area contributed by atoms with Crippen molar-refractivity contribution < 1.29 is 0 Å². The topological polar surface area (TPSA) is 51.0 Å². The van der Waals surface area contributed by atoms with E-state index in [1.54, 1.807) is 0 Å². The van der Waals surface area contributed by atoms with E-state index in [2.05, 4.69) is 53.3 Å². The minimum Gasteiger partial charge on any atom is -0.277 e. The molecule has 0 saturated heterocycles. The number of benzene rings is 2. The normalized spacial score (nSPS) is 14.5. The number of aromatic nitrogens is 3. The number of hydrogen-bond donors (Lipinski definition) is 0. The van der Waals surface area contributed by atoms with Crippen LogP contribution in [0.5, 0.6) is 0 Å². The van der Waals surface area contributed by atoms with Gasteiger partial charge < -0.3 is 0 Å². The molecular weight excluding hydrogens is 324 g/mol. The molecule has 0 unspecified atom stereocenters. The van der Waals surface area contributed by atoms with Gasteiger partial charge >= 0.3 is 0 Å². The summed E-state index contributed by atoms with van der Waals surface area (Å²) in [6.07, 6.45) is 2.36. The molecule has 1 fully saturated rings. The predicted molar refractivity (Wildman–Crippen MR) is 103 cm³/mol. The highest BCUT2D eigenvalue weighted by Gasteiger charge is 2.29. The third-order valence-corrected chi connectivity index (χ3v) is 5.04. The lowest BCUT2D eigenvalue weighted by Gasteiger charge is -2.22. The summed E-state index contributed by atoms with van der Waals surface area (Å²) in [6.45, 7) is 5.71. The summed E-state index contributed by atoms with van der Waals surface area (Å²) in [5.41, 5.74) is 3.19. The smallest absolute Gasteiger partial charge is 0.277 e. The molecule has 1 aliphatic carbocycles. The predicted octanol–water partition coefficient (Wildman–Crippen LogP) is 3.54. The highest BCUT2D eigenvalue weighted by Crippen LogP contribution is 2.29. The molecule has 2 aromatic carbocycles. The fourth-order valence-corrected chi connectivity index (χ4v) is 3.26. The highest BCUT2D eigenvalue weighted by atomic mass is 16.1. The van der Waals surface area contributed by atoms with Gasteiger partial charge in [-0.2, -0.15) is 4.68 Å². The molecule has 0 bridgehead atoms. The van der Waals surface area contributed by atoms with Crippen LogP contribution < -0.4 is 5.56 Å². The Morgan fingerprint density at radius 2 is 1.85 bits per heavy atom. The summed E-state index contributed by atoms with van der Waals surface area (Å²) in [7, 11) is 0. The summed E-state index contributed by atoms with van der Waals surface area (Å²) in [5.74, 6) is 0.537. The molecule has 0 amide bonds. The summed E-state index contributed by atoms with van der Waals surface area (Å²) in [4.78, 5) is 15.0. The molecule has 0 radical (unpaired) electrons. The zero-order chi connectivity index (χ0) is 18.1. The molecule has 5 nitrogen and oxygen atoms in total. The Balaban J connectivity index is 1.56. The molecule has 0 N–H and O–H groups in total. The minimum atomic E-state index is -0.0728. The van der Waals surface area contributed by atoms with Gasteiger partial charge in [-0.3, -0.25) is 9.69 Å². The lowest BCUT2D eigenvalue weighted by molar-refractivity contribution is 0.181. The van der Waals surface area contributed by atoms with Crippen molar-refractivity contribution in [2.24, 2.45) is 0 Å². The SMILES string of the molecule is CC(C)c1ccc(CN(Cn2nnc3ccccc3c2=O)C2CC2)cc1. The Labute approximate surface area is 153 Å². The number of fused-ring (bicyclic) bond motifs is 1. The molecule has 5 heteroatoms. The molecule has 0 spiro atoms. The number of nitrogens with zero attached hydrogens (tertiary/aromatic N) is 4. The van der Waals surface area contributed by atoms with Crippen molar-refractivity contribution in [3.63, 3.8) is 0 Å². The van der Waals surface area contributed by atoms with Crippen LogP contribution >= 0.6 is 0 Å². The maximum Gasteiger partial charge on any atom is 0.278 e. The van der Waals surface area contributed by atoms with Crippen molar-refractivity contribution in [2.75, 3.05) is 0 Å². The average Bonchev–Trinajstić information content (AvgIpc) is 3.49. The Kier molecular flexibility index (Phi) is 4.55. The van der Waals surface area contributed by atoms with Crippen molar-refractivity contribution in [3.8, 4) is 0 Å². The van der Waals surface area contributed by atoms with Crippen LogP contribution in [0.25, 0.3) is 10.9 Å². The van der Waals surface area contributed by atoms with Gasteiger partial charge in [-0.05, 0) is 42.0 Å². The molecular formula is C21H24N4O. The largest absolute Gasteiger partial charge is 0.278 e. The molecule has 1 saturated carbocycles. The Morgan fingerprint density at radius 1 is 1.12 bits per heavy atom. The monoisotopic (exact) mass is 348 g/mol. The zero-order valence-corrected chi connectivity index (χ0v) is 15.3. The average molecular weight is 348 g/mol. The van der Waals surface area contributed by atoms with Gasteiger partial charge in [-0.1, -0.05) is 55.5 Å². The second kappa shape index (κ2) is 7.00. The third-order valence-electron chi connectivity index (χ3n) is 5.04. The van der Waals surface area contributed by atoms with E-state index in [1.807, 2.05) is 24.3 Å². The fourth-order valence-electron chi connectivity index (χ4n) is 3.26. The van der Waals surface area contributed by atoms with Crippen molar-refractivity contribution in [1.82, 2.24) is 19.9 Å². The maximum atomic E-state index is 12.7. The van der Waals surface area contributed by atoms with Crippen molar-refractivity contribution in [1.29, 1.82) is 0 Å². The number of hydrogen-bond acceptors (Lipinski definition) is 4. The summed E-state index contributed by atoms with van der Waals surface area (Å²) in [5, 5.41) is 8.97. The summed E-state index contributed by atoms with van der Waals surface area (Å²) >= 11 is 0. The van der Waals surface area contributed by atoms with Gasteiger partial charge in [0.1, 0.15) is 5.52 Å². The maximum absolute atomic E-state index is 12.7. The van der Waals surface area contributed by atoms with Crippen LogP contribution in [0.1, 0.15) is 43.7 Å². The van der Waals surface area contributed by atoms with Crippen molar-refractivity contribution in [3.05, 3.63) is 70.0 Å². The van der Waals surface area contributed by atoms with Crippen molar-refractivity contribution in [2.45, 2.75) is 51.9 Å². The first-order chi connectivity index (χ1) is 12.6. The first-order valence-corrected chi connectivity index (χ1v) is 9.27. The molecule has 134 valence electrons. The van der Waals surface area contributed by atoms with E-state index in [0.29, 0.717) is 29.5 Å². The van der Waals surface area contributed by atoms with Gasteiger partial charge in [0.25, 0.3) is 5.56 Å². The van der Waals surface area contributed by atoms with Gasteiger partial charge in [0.15, 0.2) is 0 Å². The lowest BCUT2D eigenvalue weighted by atomic mass is 10.0. The minimum absolute atomic E-state index is 0.0728. The summed E-state index contributed by atoms with van der Waals surface area (Å²) < 4.78 is 1.49. The van der Waals surface area contributed by atoms with E-state index in [1.165, 1.54) is 28.7 Å². The Bertz CT molecular complexity index is 958. The highest BCUT2D eigenvalue weighted by molar-refractivity contribution is 5.76. The van der Waals surface area contributed by atoms with Crippen LogP contribution in [0.4, 0.5) is 0 Å². The van der Waals surface area contributed by atoms with E-state index in [-0.39, 0.29) is 5.56 Å². The van der Waals surface area contributed by atoms with Crippen LogP contribution in [0.15, 0.2) is 53.3 Å². The lowest BCUT2D eigenvalue weighted by Crippen LogP contribution is -2.35. The van der Waals surface area contributed by atoms with Crippen LogP contribution in [0.3, 0.4) is 0 Å². The quantitative estimate of drug-likeness (QED) is 0.684. The Hall–Kier alpha value is -2.53. The molecule has 26 heavy (non-hydrogen) atoms. The standard InChI is InChI=1S/C21H24N4O/c1-15(2)17-9-7-16(8-10-17)13-24(18-11-12-18)14-25-21(26)19-5-3-4-6-20(19)22-23-25/h3-10,15,18H,11-14H2,1-2H3. The van der Waals surface area contributed by atoms with Crippen LogP contribution in [0.2, 0.25) is 0 Å². The van der Waals surface area contributed by atoms with Crippen LogP contribution in [-0.4, -0.2) is 25.9 Å². The Morgan fingerprint density at radius 3 is 2.54 bits per heavy atom. The van der Waals surface area contributed by atoms with E-state index in [0.717, 1.165) is 6.54 Å². The molecule has 1 aromatic heterocycles. The van der Waals surface area contributed by atoms with Gasteiger partial charge in [-0.25, -0.2) is 0 Å². The van der Waals surface area contributed by atoms with Gasteiger partial charge in [0, 0.05) is 12.6 Å². The first-order valence-electron chi connectivity index (χ1n) is 9.27. The van der Waals surface area contributed by atoms with Gasteiger partial charge in [0.05, 0.1) is 12.1 Å². The van der Waals surface area contributed by atoms with Crippen LogP contribution in [-0.2, 0) is 13.2 Å². The van der Waals surface area contributed by atoms with Crippen LogP contribution in [0, 0.1) is 0 Å². The van der Waals surface area contributed by atoms with Crippen molar-refractivity contribution >= 4 is 10.9 Å². The van der Waals surface area contributed by atoms with E-state index in [4.69, 9.17) is 0 Å². The van der Waals surface area contributed by atoms with E-state index < -0.39 is 0 Å². The second-order valence-corrected chi connectivity index (χ2v) is 7.43.